The van der Waals surface area contributed by atoms with E-state index in [9.17, 15) is 18.0 Å². The van der Waals surface area contributed by atoms with E-state index in [1.807, 2.05) is 41.5 Å². The van der Waals surface area contributed by atoms with Gasteiger partial charge in [0, 0.05) is 6.07 Å². The fraction of sp³-hybridized carbons (Fsp3) is 0.667. The van der Waals surface area contributed by atoms with E-state index in [2.05, 4.69) is 20.7 Å². The van der Waals surface area contributed by atoms with Gasteiger partial charge in [0.2, 0.25) is 0 Å². The van der Waals surface area contributed by atoms with Crippen molar-refractivity contribution in [1.82, 2.24) is 0 Å². The maximum absolute atomic E-state index is 13.2. The number of ketones is 1. The Balaban J connectivity index is 2.70. The van der Waals surface area contributed by atoms with Crippen LogP contribution in [0.5, 0.6) is 17.2 Å². The van der Waals surface area contributed by atoms with Crippen molar-refractivity contribution in [1.29, 1.82) is 0 Å². The van der Waals surface area contributed by atoms with Crippen LogP contribution in [-0.4, -0.2) is 30.9 Å². The molecule has 0 aromatic heterocycles. The fourth-order valence-corrected chi connectivity index (χ4v) is 10.0. The summed E-state index contributed by atoms with van der Waals surface area (Å²) < 4.78 is 56.2. The Labute approximate surface area is 185 Å². The normalized spacial score (nSPS) is 19.2. The van der Waals surface area contributed by atoms with E-state index in [1.54, 1.807) is 13.8 Å². The molecule has 0 bridgehead atoms. The van der Waals surface area contributed by atoms with E-state index < -0.39 is 30.9 Å². The number of hydrogen-bond donors (Lipinski definition) is 0. The topological polar surface area (TPSA) is 44.8 Å². The number of hydrogen-bond acceptors (Lipinski definition) is 4. The van der Waals surface area contributed by atoms with Gasteiger partial charge in [-0.15, -0.1) is 13.2 Å². The summed E-state index contributed by atoms with van der Waals surface area (Å²) in [5, 5.41) is 0. The van der Waals surface area contributed by atoms with Crippen molar-refractivity contribution in [3.63, 3.8) is 0 Å². The third-order valence-corrected chi connectivity index (χ3v) is 13.3. The molecular formula is C21H30BrF3O4Si. The van der Waals surface area contributed by atoms with Crippen molar-refractivity contribution < 1.29 is 31.9 Å². The van der Waals surface area contributed by atoms with Gasteiger partial charge >= 0.3 is 6.36 Å². The Morgan fingerprint density at radius 1 is 1.03 bits per heavy atom. The summed E-state index contributed by atoms with van der Waals surface area (Å²) in [6.45, 7) is 15.7. The molecule has 170 valence electrons. The molecule has 4 nitrogen and oxygen atoms in total. The number of Topliss-reactive ketones (excluding diaryl/α,β-unsaturated/α-hetero) is 1. The predicted molar refractivity (Wildman–Crippen MR) is 117 cm³/mol. The van der Waals surface area contributed by atoms with Crippen LogP contribution in [0.3, 0.4) is 0 Å². The zero-order valence-corrected chi connectivity index (χ0v) is 21.2. The van der Waals surface area contributed by atoms with Gasteiger partial charge in [-0.1, -0.05) is 57.5 Å². The maximum atomic E-state index is 13.2. The number of carbonyl (C=O) groups is 1. The lowest BCUT2D eigenvalue weighted by Gasteiger charge is -2.43. The second-order valence-corrected chi connectivity index (χ2v) is 15.5. The molecule has 1 atom stereocenters. The van der Waals surface area contributed by atoms with Gasteiger partial charge in [-0.05, 0) is 36.5 Å². The van der Waals surface area contributed by atoms with Crippen molar-refractivity contribution in [2.45, 2.75) is 88.8 Å². The Kier molecular flexibility index (Phi) is 6.99. The van der Waals surface area contributed by atoms with Gasteiger partial charge in [-0.3, -0.25) is 4.79 Å². The summed E-state index contributed by atoms with van der Waals surface area (Å²) in [6, 6.07) is 2.47. The molecule has 0 N–H and O–H groups in total. The molecule has 0 saturated heterocycles. The molecule has 1 aromatic rings. The molecule has 0 fully saturated rings. The van der Waals surface area contributed by atoms with Crippen LogP contribution < -0.4 is 13.9 Å². The quantitative estimate of drug-likeness (QED) is 0.298. The summed E-state index contributed by atoms with van der Waals surface area (Å²) in [4.78, 5) is 12.1. The van der Waals surface area contributed by atoms with Crippen LogP contribution in [0.2, 0.25) is 16.6 Å². The van der Waals surface area contributed by atoms with Crippen molar-refractivity contribution in [3.05, 3.63) is 17.7 Å². The molecule has 1 aliphatic heterocycles. The number of benzene rings is 1. The molecule has 1 aromatic carbocycles. The molecule has 0 spiro atoms. The molecule has 0 radical (unpaired) electrons. The van der Waals surface area contributed by atoms with Crippen LogP contribution in [0.25, 0.3) is 0 Å². The van der Waals surface area contributed by atoms with Gasteiger partial charge in [-0.2, -0.15) is 0 Å². The standard InChI is InChI=1S/C21H30BrF3O4Si/c1-11(2)30(12(3)4,13(5)6)29-17-10-15-14(9-16(17)28-21(23,24)25)18(26)19(22)20(7,8)27-15/h9-13,19H,1-8H3. The molecule has 0 amide bonds. The largest absolute Gasteiger partial charge is 0.573 e. The second kappa shape index (κ2) is 8.37. The predicted octanol–water partition coefficient (Wildman–Crippen LogP) is 7.26. The minimum atomic E-state index is -4.92. The van der Waals surface area contributed by atoms with E-state index in [-0.39, 0.29) is 39.5 Å². The highest BCUT2D eigenvalue weighted by molar-refractivity contribution is 9.10. The number of fused-ring (bicyclic) bond motifs is 1. The first-order valence-corrected chi connectivity index (χ1v) is 13.1. The van der Waals surface area contributed by atoms with Crippen LogP contribution in [0.1, 0.15) is 65.7 Å². The van der Waals surface area contributed by atoms with Gasteiger partial charge in [0.25, 0.3) is 8.32 Å². The summed E-state index contributed by atoms with van der Waals surface area (Å²) >= 11 is 3.29. The third kappa shape index (κ3) is 4.66. The van der Waals surface area contributed by atoms with E-state index in [0.717, 1.165) is 6.07 Å². The number of carbonyl (C=O) groups excluding carboxylic acids is 1. The highest BCUT2D eigenvalue weighted by atomic mass is 79.9. The van der Waals surface area contributed by atoms with E-state index in [1.165, 1.54) is 6.07 Å². The molecule has 2 rings (SSSR count). The average Bonchev–Trinajstić information content (AvgIpc) is 2.56. The van der Waals surface area contributed by atoms with Crippen LogP contribution in [-0.2, 0) is 0 Å². The molecule has 1 aliphatic rings. The van der Waals surface area contributed by atoms with Crippen molar-refractivity contribution >= 4 is 30.0 Å². The van der Waals surface area contributed by atoms with Crippen molar-refractivity contribution in [3.8, 4) is 17.2 Å². The molecule has 1 unspecified atom stereocenters. The van der Waals surface area contributed by atoms with Gasteiger partial charge in [0.15, 0.2) is 17.3 Å². The van der Waals surface area contributed by atoms with E-state index in [0.29, 0.717) is 0 Å². The number of rotatable bonds is 6. The van der Waals surface area contributed by atoms with Gasteiger partial charge in [-0.25, -0.2) is 0 Å². The van der Waals surface area contributed by atoms with Crippen molar-refractivity contribution in [2.24, 2.45) is 0 Å². The van der Waals surface area contributed by atoms with Crippen LogP contribution in [0, 0.1) is 0 Å². The van der Waals surface area contributed by atoms with Crippen LogP contribution in [0.4, 0.5) is 13.2 Å². The fourth-order valence-electron chi connectivity index (χ4n) is 4.43. The van der Waals surface area contributed by atoms with E-state index in [4.69, 9.17) is 9.16 Å². The third-order valence-electron chi connectivity index (χ3n) is 5.74. The number of alkyl halides is 4. The summed E-state index contributed by atoms with van der Waals surface area (Å²) in [6.07, 6.45) is -4.92. The highest BCUT2D eigenvalue weighted by Gasteiger charge is 2.49. The summed E-state index contributed by atoms with van der Waals surface area (Å²) in [5.41, 5.74) is -0.417. The SMILES string of the molecule is CC(C)[Si](Oc1cc2c(cc1OC(F)(F)F)C(=O)C(Br)C(C)(C)O2)(C(C)C)C(C)C. The molecule has 0 saturated carbocycles. The second-order valence-electron chi connectivity index (χ2n) is 9.19. The first-order chi connectivity index (χ1) is 13.5. The summed E-state index contributed by atoms with van der Waals surface area (Å²) in [7, 11) is -2.58. The Morgan fingerprint density at radius 3 is 1.97 bits per heavy atom. The Hall–Kier alpha value is -1.22. The zero-order chi connectivity index (χ0) is 23.2. The van der Waals surface area contributed by atoms with Crippen LogP contribution in [0.15, 0.2) is 12.1 Å². The number of halogens is 4. The van der Waals surface area contributed by atoms with E-state index >= 15 is 0 Å². The first kappa shape index (κ1) is 25.0. The lowest BCUT2D eigenvalue weighted by molar-refractivity contribution is -0.275. The van der Waals surface area contributed by atoms with Crippen LogP contribution >= 0.6 is 15.9 Å². The monoisotopic (exact) mass is 510 g/mol. The number of ether oxygens (including phenoxy) is 2. The average molecular weight is 511 g/mol. The van der Waals surface area contributed by atoms with Gasteiger partial charge in [0.05, 0.1) is 5.56 Å². The maximum Gasteiger partial charge on any atom is 0.573 e. The Morgan fingerprint density at radius 2 is 1.53 bits per heavy atom. The lowest BCUT2D eigenvalue weighted by Crippen LogP contribution is -2.51. The van der Waals surface area contributed by atoms with Crippen molar-refractivity contribution in [2.75, 3.05) is 0 Å². The summed E-state index contributed by atoms with van der Waals surface area (Å²) in [5.74, 6) is -0.716. The van der Waals surface area contributed by atoms with Gasteiger partial charge in [0.1, 0.15) is 16.2 Å². The molecule has 9 heteroatoms. The minimum absolute atomic E-state index is 0.0358. The molecule has 1 heterocycles. The highest BCUT2D eigenvalue weighted by Crippen LogP contribution is 2.49. The Bertz CT molecular complexity index is 784. The first-order valence-electron chi connectivity index (χ1n) is 10.0. The molecule has 0 aliphatic carbocycles. The smallest absolute Gasteiger partial charge is 0.540 e. The molecule has 30 heavy (non-hydrogen) atoms. The lowest BCUT2D eigenvalue weighted by atomic mass is 9.92. The molecular weight excluding hydrogens is 481 g/mol. The van der Waals surface area contributed by atoms with Gasteiger partial charge < -0.3 is 13.9 Å². The zero-order valence-electron chi connectivity index (χ0n) is 18.6. The minimum Gasteiger partial charge on any atom is -0.540 e.